The highest BCUT2D eigenvalue weighted by Crippen LogP contribution is 2.25. The van der Waals surface area contributed by atoms with E-state index in [4.69, 9.17) is 0 Å². The molecule has 158 valence electrons. The van der Waals surface area contributed by atoms with E-state index >= 15 is 0 Å². The fraction of sp³-hybridized carbons (Fsp3) is 0.238. The number of Topliss-reactive ketones (excluding diaryl/α,β-unsaturated/α-hetero) is 1. The van der Waals surface area contributed by atoms with Crippen LogP contribution in [-0.4, -0.2) is 33.2 Å². The van der Waals surface area contributed by atoms with E-state index in [-0.39, 0.29) is 19.4 Å². The number of aryl methyl sites for hydroxylation is 1. The van der Waals surface area contributed by atoms with Gasteiger partial charge in [-0.05, 0) is 24.3 Å². The third kappa shape index (κ3) is 5.31. The maximum Gasteiger partial charge on any atom is 0.573 e. The van der Waals surface area contributed by atoms with Gasteiger partial charge in [-0.1, -0.05) is 31.2 Å². The van der Waals surface area contributed by atoms with Gasteiger partial charge in [0.15, 0.2) is 5.82 Å². The number of rotatable bonds is 8. The number of aldehydes is 1. The maximum absolute atomic E-state index is 12.4. The van der Waals surface area contributed by atoms with Crippen LogP contribution in [0.5, 0.6) is 5.75 Å². The number of alkyl halides is 3. The van der Waals surface area contributed by atoms with Crippen molar-refractivity contribution in [2.24, 2.45) is 0 Å². The average molecular weight is 419 g/mol. The summed E-state index contributed by atoms with van der Waals surface area (Å²) in [4.78, 5) is 27.1. The second kappa shape index (κ2) is 8.89. The van der Waals surface area contributed by atoms with Gasteiger partial charge in [0, 0.05) is 31.8 Å². The Bertz CT molecular complexity index is 1030. The minimum absolute atomic E-state index is 0. The predicted molar refractivity (Wildman–Crippen MR) is 105 cm³/mol. The number of hydrogen-bond donors (Lipinski definition) is 0. The van der Waals surface area contributed by atoms with E-state index in [2.05, 4.69) is 14.8 Å². The van der Waals surface area contributed by atoms with Crippen LogP contribution in [0.15, 0.2) is 48.5 Å². The van der Waals surface area contributed by atoms with Gasteiger partial charge in [-0.25, -0.2) is 9.67 Å². The summed E-state index contributed by atoms with van der Waals surface area (Å²) < 4.78 is 42.5. The number of ketones is 1. The fourth-order valence-electron chi connectivity index (χ4n) is 2.76. The highest BCUT2D eigenvalue weighted by molar-refractivity contribution is 5.78. The summed E-state index contributed by atoms with van der Waals surface area (Å²) in [6.07, 6.45) is -3.05. The maximum atomic E-state index is 12.4. The molecule has 6 nitrogen and oxygen atoms in total. The Morgan fingerprint density at radius 1 is 1.13 bits per heavy atom. The molecule has 1 heterocycles. The molecule has 2 aromatic carbocycles. The van der Waals surface area contributed by atoms with Gasteiger partial charge >= 0.3 is 6.36 Å². The zero-order valence-corrected chi connectivity index (χ0v) is 16.0. The highest BCUT2D eigenvalue weighted by atomic mass is 19.4. The summed E-state index contributed by atoms with van der Waals surface area (Å²) in [6, 6.07) is 11.9. The molecule has 3 rings (SSSR count). The van der Waals surface area contributed by atoms with Crippen molar-refractivity contribution in [3.63, 3.8) is 0 Å². The molecule has 0 N–H and O–H groups in total. The normalized spacial score (nSPS) is 11.3. The van der Waals surface area contributed by atoms with Crippen molar-refractivity contribution in [3.05, 3.63) is 59.9 Å². The van der Waals surface area contributed by atoms with Crippen LogP contribution in [-0.2, 0) is 11.2 Å². The molecule has 0 unspecified atom stereocenters. The van der Waals surface area contributed by atoms with E-state index in [1.54, 1.807) is 31.2 Å². The summed E-state index contributed by atoms with van der Waals surface area (Å²) in [6.45, 7) is 1.77. The Morgan fingerprint density at radius 2 is 1.80 bits per heavy atom. The van der Waals surface area contributed by atoms with E-state index in [1.807, 2.05) is 0 Å². The molecule has 0 atom stereocenters. The van der Waals surface area contributed by atoms with Gasteiger partial charge in [-0.2, -0.15) is 0 Å². The SMILES string of the molecule is CCC(=O)CCc1nc(-c2ccc(C=O)cc2)nn1-c1ccc(OC(F)(F)F)cc1.[HH]. The lowest BCUT2D eigenvalue weighted by Crippen LogP contribution is -2.17. The van der Waals surface area contributed by atoms with E-state index in [1.165, 1.54) is 28.9 Å². The van der Waals surface area contributed by atoms with Gasteiger partial charge in [0.05, 0.1) is 5.69 Å². The first-order chi connectivity index (χ1) is 14.3. The van der Waals surface area contributed by atoms with E-state index in [9.17, 15) is 22.8 Å². The van der Waals surface area contributed by atoms with Crippen molar-refractivity contribution >= 4 is 12.1 Å². The minimum Gasteiger partial charge on any atom is -0.406 e. The molecule has 0 amide bonds. The Kier molecular flexibility index (Phi) is 6.29. The van der Waals surface area contributed by atoms with Crippen molar-refractivity contribution in [2.75, 3.05) is 0 Å². The van der Waals surface area contributed by atoms with Gasteiger partial charge in [0.2, 0.25) is 0 Å². The topological polar surface area (TPSA) is 74.1 Å². The molecule has 0 aliphatic rings. The van der Waals surface area contributed by atoms with Crippen molar-refractivity contribution in [2.45, 2.75) is 32.5 Å². The fourth-order valence-corrected chi connectivity index (χ4v) is 2.76. The van der Waals surface area contributed by atoms with E-state index < -0.39 is 6.36 Å². The van der Waals surface area contributed by atoms with Crippen molar-refractivity contribution in [1.29, 1.82) is 0 Å². The minimum atomic E-state index is -4.78. The summed E-state index contributed by atoms with van der Waals surface area (Å²) in [7, 11) is 0. The number of hydrogen-bond acceptors (Lipinski definition) is 5. The number of carbonyl (C=O) groups excluding carboxylic acids is 2. The standard InChI is InChI=1S/C21H18F3N3O3.H2/c1-2-17(29)9-12-19-25-20(15-5-3-14(13-28)4-6-15)26-27(19)16-7-10-18(11-8-16)30-21(22,23)24;/h3-8,10-11,13H,2,9,12H2,1H3;1H. The Balaban J connectivity index is 0.00000341. The largest absolute Gasteiger partial charge is 0.573 e. The molecular weight excluding hydrogens is 399 g/mol. The molecule has 9 heteroatoms. The number of halogens is 3. The second-order valence-corrected chi connectivity index (χ2v) is 6.44. The Morgan fingerprint density at radius 3 is 2.37 bits per heavy atom. The summed E-state index contributed by atoms with van der Waals surface area (Å²) in [5.74, 6) is 0.590. The molecule has 0 spiro atoms. The van der Waals surface area contributed by atoms with Crippen LogP contribution in [0, 0.1) is 0 Å². The first kappa shape index (κ1) is 21.2. The molecule has 0 saturated carbocycles. The first-order valence-corrected chi connectivity index (χ1v) is 9.18. The highest BCUT2D eigenvalue weighted by Gasteiger charge is 2.31. The molecule has 3 aromatic rings. The van der Waals surface area contributed by atoms with E-state index in [0.29, 0.717) is 41.3 Å². The molecule has 0 aliphatic carbocycles. The molecule has 0 aliphatic heterocycles. The zero-order valence-electron chi connectivity index (χ0n) is 16.0. The monoisotopic (exact) mass is 419 g/mol. The van der Waals surface area contributed by atoms with Gasteiger partial charge in [0.1, 0.15) is 23.6 Å². The molecule has 1 aromatic heterocycles. The Hall–Kier alpha value is -3.49. The number of ether oxygens (including phenoxy) is 1. The third-order valence-corrected chi connectivity index (χ3v) is 4.32. The molecule has 0 fully saturated rings. The van der Waals surface area contributed by atoms with Crippen LogP contribution < -0.4 is 4.74 Å². The van der Waals surface area contributed by atoms with Crippen LogP contribution in [0.4, 0.5) is 13.2 Å². The predicted octanol–water partition coefficient (Wildman–Crippen LogP) is 4.80. The van der Waals surface area contributed by atoms with Crippen LogP contribution in [0.25, 0.3) is 17.1 Å². The second-order valence-electron chi connectivity index (χ2n) is 6.44. The van der Waals surface area contributed by atoms with Crippen molar-refractivity contribution in [3.8, 4) is 22.8 Å². The number of benzene rings is 2. The van der Waals surface area contributed by atoms with Crippen LogP contribution >= 0.6 is 0 Å². The van der Waals surface area contributed by atoms with Gasteiger partial charge < -0.3 is 4.74 Å². The third-order valence-electron chi connectivity index (χ3n) is 4.32. The lowest BCUT2D eigenvalue weighted by molar-refractivity contribution is -0.274. The van der Waals surface area contributed by atoms with Gasteiger partial charge in [-0.3, -0.25) is 9.59 Å². The molecular formula is C21H20F3N3O3. The van der Waals surface area contributed by atoms with Crippen molar-refractivity contribution < 1.29 is 28.9 Å². The molecule has 0 radical (unpaired) electrons. The van der Waals surface area contributed by atoms with E-state index in [0.717, 1.165) is 6.29 Å². The average Bonchev–Trinajstić information content (AvgIpc) is 3.15. The van der Waals surface area contributed by atoms with Crippen molar-refractivity contribution in [1.82, 2.24) is 14.8 Å². The summed E-state index contributed by atoms with van der Waals surface area (Å²) in [5.41, 5.74) is 1.65. The number of nitrogens with zero attached hydrogens (tertiary/aromatic N) is 3. The van der Waals surface area contributed by atoms with Crippen LogP contribution in [0.1, 0.15) is 37.4 Å². The molecule has 0 bridgehead atoms. The smallest absolute Gasteiger partial charge is 0.406 e. The first-order valence-electron chi connectivity index (χ1n) is 9.18. The zero-order chi connectivity index (χ0) is 21.7. The molecule has 0 saturated heterocycles. The molecule has 30 heavy (non-hydrogen) atoms. The Labute approximate surface area is 171 Å². The van der Waals surface area contributed by atoms with Crippen LogP contribution in [0.2, 0.25) is 0 Å². The quantitative estimate of drug-likeness (QED) is 0.490. The lowest BCUT2D eigenvalue weighted by atomic mass is 10.1. The summed E-state index contributed by atoms with van der Waals surface area (Å²) >= 11 is 0. The van der Waals surface area contributed by atoms with Gasteiger partial charge in [0.25, 0.3) is 0 Å². The number of carbonyl (C=O) groups is 2. The van der Waals surface area contributed by atoms with Gasteiger partial charge in [-0.15, -0.1) is 18.3 Å². The van der Waals surface area contributed by atoms with Crippen LogP contribution in [0.3, 0.4) is 0 Å². The summed E-state index contributed by atoms with van der Waals surface area (Å²) in [5, 5.41) is 4.46. The lowest BCUT2D eigenvalue weighted by Gasteiger charge is -2.10. The number of aromatic nitrogens is 3.